The van der Waals surface area contributed by atoms with Gasteiger partial charge >= 0.3 is 0 Å². The summed E-state index contributed by atoms with van der Waals surface area (Å²) in [6.45, 7) is 8.61. The number of likely N-dealkylation sites (tertiary alicyclic amines) is 1. The molecule has 152 valence electrons. The largest absolute Gasteiger partial charge is 0.393 e. The van der Waals surface area contributed by atoms with Gasteiger partial charge in [0.2, 0.25) is 0 Å². The number of aliphatic hydroxyl groups excluding tert-OH is 1. The predicted octanol–water partition coefficient (Wildman–Crippen LogP) is 1.56. The summed E-state index contributed by atoms with van der Waals surface area (Å²) >= 11 is 0. The Hall–Kier alpha value is -2.06. The van der Waals surface area contributed by atoms with Gasteiger partial charge in [-0.1, -0.05) is 0 Å². The minimum absolute atomic E-state index is 0.145. The van der Waals surface area contributed by atoms with Crippen LogP contribution in [0.5, 0.6) is 0 Å². The Bertz CT molecular complexity index is 813. The van der Waals surface area contributed by atoms with Crippen molar-refractivity contribution in [3.05, 3.63) is 29.2 Å². The molecule has 2 aliphatic rings. The molecule has 2 aliphatic heterocycles. The van der Waals surface area contributed by atoms with Gasteiger partial charge in [-0.2, -0.15) is 0 Å². The molecule has 28 heavy (non-hydrogen) atoms. The van der Waals surface area contributed by atoms with E-state index in [1.165, 1.54) is 0 Å². The number of rotatable bonds is 4. The summed E-state index contributed by atoms with van der Waals surface area (Å²) < 4.78 is 2.18. The molecule has 2 saturated heterocycles. The number of aromatic nitrogens is 5. The van der Waals surface area contributed by atoms with E-state index in [2.05, 4.69) is 48.5 Å². The normalized spacial score (nSPS) is 22.0. The molecule has 0 bridgehead atoms. The minimum Gasteiger partial charge on any atom is -0.393 e. The molecule has 4 rings (SSSR count). The fraction of sp³-hybridized carbons (Fsp3) is 0.700. The highest BCUT2D eigenvalue weighted by Crippen LogP contribution is 2.30. The Balaban J connectivity index is 1.47. The van der Waals surface area contributed by atoms with E-state index < -0.39 is 0 Å². The SMILES string of the molecule is Cc1ncc(C)c(N2CCC[C@@H](c3nnc(CN4CCC(O)CC4)n3C)C2)n1. The first-order valence-corrected chi connectivity index (χ1v) is 10.3. The van der Waals surface area contributed by atoms with E-state index in [0.717, 1.165) is 87.3 Å². The maximum Gasteiger partial charge on any atom is 0.146 e. The van der Waals surface area contributed by atoms with Crippen molar-refractivity contribution >= 4 is 5.82 Å². The number of anilines is 1. The molecule has 4 heterocycles. The van der Waals surface area contributed by atoms with Crippen LogP contribution in [-0.2, 0) is 13.6 Å². The molecule has 1 atom stereocenters. The molecule has 0 spiro atoms. The van der Waals surface area contributed by atoms with Crippen LogP contribution in [0.25, 0.3) is 0 Å². The number of nitrogens with zero attached hydrogens (tertiary/aromatic N) is 7. The number of piperidine rings is 2. The Labute approximate surface area is 166 Å². The quantitative estimate of drug-likeness (QED) is 0.855. The topological polar surface area (TPSA) is 83.2 Å². The summed E-state index contributed by atoms with van der Waals surface area (Å²) in [5, 5.41) is 18.8. The van der Waals surface area contributed by atoms with Gasteiger partial charge in [-0.15, -0.1) is 10.2 Å². The van der Waals surface area contributed by atoms with Crippen molar-refractivity contribution < 1.29 is 5.11 Å². The van der Waals surface area contributed by atoms with Gasteiger partial charge in [-0.25, -0.2) is 9.97 Å². The third-order valence-corrected chi connectivity index (χ3v) is 6.07. The van der Waals surface area contributed by atoms with Crippen LogP contribution < -0.4 is 4.90 Å². The van der Waals surface area contributed by atoms with E-state index in [9.17, 15) is 5.11 Å². The average molecular weight is 386 g/mol. The van der Waals surface area contributed by atoms with Crippen molar-refractivity contribution in [3.63, 3.8) is 0 Å². The van der Waals surface area contributed by atoms with Gasteiger partial charge in [0.15, 0.2) is 0 Å². The number of hydrogen-bond acceptors (Lipinski definition) is 7. The predicted molar refractivity (Wildman–Crippen MR) is 107 cm³/mol. The molecule has 8 nitrogen and oxygen atoms in total. The van der Waals surface area contributed by atoms with Crippen molar-refractivity contribution in [1.29, 1.82) is 0 Å². The molecular weight excluding hydrogens is 354 g/mol. The Morgan fingerprint density at radius 3 is 2.68 bits per heavy atom. The molecule has 1 N–H and O–H groups in total. The third kappa shape index (κ3) is 4.03. The highest BCUT2D eigenvalue weighted by Gasteiger charge is 2.28. The van der Waals surface area contributed by atoms with Crippen molar-refractivity contribution in [1.82, 2.24) is 29.6 Å². The Kier molecular flexibility index (Phi) is 5.59. The molecule has 2 fully saturated rings. The van der Waals surface area contributed by atoms with Crippen molar-refractivity contribution in [2.24, 2.45) is 7.05 Å². The first-order valence-electron chi connectivity index (χ1n) is 10.3. The van der Waals surface area contributed by atoms with Gasteiger partial charge in [0.25, 0.3) is 0 Å². The average Bonchev–Trinajstić information content (AvgIpc) is 3.06. The lowest BCUT2D eigenvalue weighted by Gasteiger charge is -2.34. The van der Waals surface area contributed by atoms with Gasteiger partial charge < -0.3 is 14.6 Å². The van der Waals surface area contributed by atoms with E-state index in [1.807, 2.05) is 13.1 Å². The number of hydrogen-bond donors (Lipinski definition) is 1. The van der Waals surface area contributed by atoms with Crippen LogP contribution in [0, 0.1) is 13.8 Å². The summed E-state index contributed by atoms with van der Waals surface area (Å²) in [6.07, 6.45) is 5.71. The highest BCUT2D eigenvalue weighted by molar-refractivity contribution is 5.46. The molecule has 2 aromatic rings. The summed E-state index contributed by atoms with van der Waals surface area (Å²) in [6, 6.07) is 0. The molecule has 0 amide bonds. The molecule has 0 saturated carbocycles. The summed E-state index contributed by atoms with van der Waals surface area (Å²) in [4.78, 5) is 13.7. The van der Waals surface area contributed by atoms with Crippen LogP contribution in [0.4, 0.5) is 5.82 Å². The van der Waals surface area contributed by atoms with E-state index in [4.69, 9.17) is 0 Å². The van der Waals surface area contributed by atoms with Crippen LogP contribution in [0.1, 0.15) is 54.6 Å². The van der Waals surface area contributed by atoms with Crippen LogP contribution >= 0.6 is 0 Å². The summed E-state index contributed by atoms with van der Waals surface area (Å²) in [7, 11) is 2.09. The lowest BCUT2D eigenvalue weighted by atomic mass is 9.97. The molecule has 0 unspecified atom stereocenters. The van der Waals surface area contributed by atoms with Crippen LogP contribution in [0.15, 0.2) is 6.20 Å². The van der Waals surface area contributed by atoms with Crippen molar-refractivity contribution in [2.75, 3.05) is 31.1 Å². The lowest BCUT2D eigenvalue weighted by Crippen LogP contribution is -2.37. The first kappa shape index (κ1) is 19.3. The zero-order valence-electron chi connectivity index (χ0n) is 17.2. The van der Waals surface area contributed by atoms with E-state index in [0.29, 0.717) is 5.92 Å². The van der Waals surface area contributed by atoms with Crippen molar-refractivity contribution in [2.45, 2.75) is 58.1 Å². The number of aryl methyl sites for hydroxylation is 2. The molecule has 0 radical (unpaired) electrons. The van der Waals surface area contributed by atoms with Gasteiger partial charge in [-0.05, 0) is 39.5 Å². The maximum atomic E-state index is 9.70. The number of aliphatic hydroxyl groups is 1. The Morgan fingerprint density at radius 2 is 1.89 bits per heavy atom. The van der Waals surface area contributed by atoms with E-state index >= 15 is 0 Å². The summed E-state index contributed by atoms with van der Waals surface area (Å²) in [5.41, 5.74) is 1.12. The first-order chi connectivity index (χ1) is 13.5. The molecule has 0 aliphatic carbocycles. The highest BCUT2D eigenvalue weighted by atomic mass is 16.3. The second-order valence-electron chi connectivity index (χ2n) is 8.25. The fourth-order valence-corrected chi connectivity index (χ4v) is 4.36. The third-order valence-electron chi connectivity index (χ3n) is 6.07. The van der Waals surface area contributed by atoms with Gasteiger partial charge in [0.1, 0.15) is 23.3 Å². The minimum atomic E-state index is -0.145. The summed E-state index contributed by atoms with van der Waals surface area (Å²) in [5.74, 6) is 4.30. The second-order valence-corrected chi connectivity index (χ2v) is 8.25. The monoisotopic (exact) mass is 385 g/mol. The Morgan fingerprint density at radius 1 is 1.11 bits per heavy atom. The van der Waals surface area contributed by atoms with Crippen LogP contribution in [-0.4, -0.2) is 67.0 Å². The molecule has 0 aromatic carbocycles. The molecular formula is C20H31N7O. The smallest absolute Gasteiger partial charge is 0.146 e. The fourth-order valence-electron chi connectivity index (χ4n) is 4.36. The standard InChI is InChI=1S/C20H31N7O/c1-14-11-21-15(2)22-19(14)27-8-4-5-16(12-27)20-24-23-18(25(20)3)13-26-9-6-17(28)7-10-26/h11,16-17,28H,4-10,12-13H2,1-3H3/t16-/m1/s1. The molecule has 2 aromatic heterocycles. The van der Waals surface area contributed by atoms with E-state index in [-0.39, 0.29) is 6.10 Å². The van der Waals surface area contributed by atoms with E-state index in [1.54, 1.807) is 0 Å². The molecule has 8 heteroatoms. The van der Waals surface area contributed by atoms with Gasteiger partial charge in [0.05, 0.1) is 12.6 Å². The lowest BCUT2D eigenvalue weighted by molar-refractivity contribution is 0.0775. The zero-order chi connectivity index (χ0) is 19.7. The van der Waals surface area contributed by atoms with Crippen LogP contribution in [0.3, 0.4) is 0 Å². The van der Waals surface area contributed by atoms with Crippen molar-refractivity contribution in [3.8, 4) is 0 Å². The van der Waals surface area contributed by atoms with Gasteiger partial charge in [-0.3, -0.25) is 4.90 Å². The maximum absolute atomic E-state index is 9.70. The van der Waals surface area contributed by atoms with Crippen LogP contribution in [0.2, 0.25) is 0 Å². The van der Waals surface area contributed by atoms with Gasteiger partial charge in [0, 0.05) is 50.9 Å². The zero-order valence-corrected chi connectivity index (χ0v) is 17.2. The second kappa shape index (κ2) is 8.13.